The van der Waals surface area contributed by atoms with E-state index in [9.17, 15) is 9.59 Å². The summed E-state index contributed by atoms with van der Waals surface area (Å²) in [6, 6.07) is 13.1. The number of nitrogens with one attached hydrogen (secondary N) is 1. The van der Waals surface area contributed by atoms with Crippen LogP contribution in [0.5, 0.6) is 5.75 Å². The third kappa shape index (κ3) is 6.89. The number of halogens is 1. The first-order chi connectivity index (χ1) is 18.8. The highest BCUT2D eigenvalue weighted by Gasteiger charge is 2.23. The number of benzene rings is 2. The number of carbonyl (C=O) groups is 2. The first kappa shape index (κ1) is 28.4. The molecule has 0 spiro atoms. The van der Waals surface area contributed by atoms with Gasteiger partial charge in [0.25, 0.3) is 0 Å². The van der Waals surface area contributed by atoms with Gasteiger partial charge in [-0.2, -0.15) is 0 Å². The molecule has 202 valence electrons. The summed E-state index contributed by atoms with van der Waals surface area (Å²) in [6.45, 7) is 8.54. The van der Waals surface area contributed by atoms with Gasteiger partial charge in [-0.25, -0.2) is 4.79 Å². The lowest BCUT2D eigenvalue weighted by Crippen LogP contribution is -2.16. The standard InChI is InChI=1S/C28H27ClN4O4S2/c1-5-12-33-23(14-37-22-11-6-17(2)13-18(22)3)31-32-28(33)39-16-24(34)30-26-25(27(35)36-4)21(15-38-26)19-7-9-20(29)10-8-19/h5-11,13,15H,1,12,14,16H2,2-4H3,(H,30,34). The fourth-order valence-electron chi connectivity index (χ4n) is 3.84. The summed E-state index contributed by atoms with van der Waals surface area (Å²) in [4.78, 5) is 25.5. The number of aryl methyl sites for hydroxylation is 2. The topological polar surface area (TPSA) is 95.3 Å². The lowest BCUT2D eigenvalue weighted by Gasteiger charge is -2.11. The van der Waals surface area contributed by atoms with Gasteiger partial charge in [0.05, 0.1) is 12.9 Å². The summed E-state index contributed by atoms with van der Waals surface area (Å²) < 4.78 is 12.8. The van der Waals surface area contributed by atoms with E-state index in [0.29, 0.717) is 38.7 Å². The number of carbonyl (C=O) groups excluding carboxylic acids is 2. The molecule has 1 amide bonds. The molecule has 39 heavy (non-hydrogen) atoms. The third-order valence-corrected chi connectivity index (χ3v) is 7.83. The predicted octanol–water partition coefficient (Wildman–Crippen LogP) is 6.56. The van der Waals surface area contributed by atoms with Crippen LogP contribution in [0, 0.1) is 13.8 Å². The highest BCUT2D eigenvalue weighted by molar-refractivity contribution is 7.99. The van der Waals surface area contributed by atoms with Crippen LogP contribution >= 0.6 is 34.7 Å². The summed E-state index contributed by atoms with van der Waals surface area (Å²) >= 11 is 8.49. The van der Waals surface area contributed by atoms with E-state index in [4.69, 9.17) is 21.1 Å². The number of methoxy groups -OCH3 is 1. The number of aromatic nitrogens is 3. The SMILES string of the molecule is C=CCn1c(COc2ccc(C)cc2C)nnc1SCC(=O)Nc1scc(-c2ccc(Cl)cc2)c1C(=O)OC. The minimum absolute atomic E-state index is 0.0575. The fraction of sp³-hybridized carbons (Fsp3) is 0.214. The monoisotopic (exact) mass is 582 g/mol. The number of anilines is 1. The maximum absolute atomic E-state index is 12.9. The summed E-state index contributed by atoms with van der Waals surface area (Å²) in [6.07, 6.45) is 1.74. The van der Waals surface area contributed by atoms with E-state index >= 15 is 0 Å². The fourth-order valence-corrected chi connectivity index (χ4v) is 5.70. The smallest absolute Gasteiger partial charge is 0.341 e. The van der Waals surface area contributed by atoms with Crippen LogP contribution in [0.25, 0.3) is 11.1 Å². The molecule has 0 radical (unpaired) electrons. The molecule has 11 heteroatoms. The van der Waals surface area contributed by atoms with Crippen LogP contribution in [0.3, 0.4) is 0 Å². The van der Waals surface area contributed by atoms with Crippen molar-refractivity contribution in [3.8, 4) is 16.9 Å². The summed E-state index contributed by atoms with van der Waals surface area (Å²) in [5.74, 6) is 0.621. The first-order valence-electron chi connectivity index (χ1n) is 11.9. The number of ether oxygens (including phenoxy) is 2. The average molecular weight is 583 g/mol. The number of amides is 1. The Kier molecular flexibility index (Phi) is 9.45. The number of nitrogens with zero attached hydrogens (tertiary/aromatic N) is 3. The van der Waals surface area contributed by atoms with Crippen molar-refractivity contribution in [3.05, 3.63) is 88.0 Å². The minimum Gasteiger partial charge on any atom is -0.485 e. The van der Waals surface area contributed by atoms with Gasteiger partial charge in [-0.15, -0.1) is 28.1 Å². The van der Waals surface area contributed by atoms with Gasteiger partial charge in [0.1, 0.15) is 22.9 Å². The predicted molar refractivity (Wildman–Crippen MR) is 156 cm³/mol. The molecule has 0 aliphatic heterocycles. The van der Waals surface area contributed by atoms with Crippen molar-refractivity contribution in [2.75, 3.05) is 18.2 Å². The molecule has 0 aliphatic rings. The normalized spacial score (nSPS) is 10.8. The quantitative estimate of drug-likeness (QED) is 0.122. The van der Waals surface area contributed by atoms with Gasteiger partial charge in [0.2, 0.25) is 5.91 Å². The number of rotatable bonds is 11. The summed E-state index contributed by atoms with van der Waals surface area (Å²) in [7, 11) is 1.31. The molecular formula is C28H27ClN4O4S2. The zero-order valence-corrected chi connectivity index (χ0v) is 24.1. The number of esters is 1. The number of hydrogen-bond donors (Lipinski definition) is 1. The molecule has 0 unspecified atom stereocenters. The van der Waals surface area contributed by atoms with Crippen LogP contribution in [-0.4, -0.2) is 39.5 Å². The summed E-state index contributed by atoms with van der Waals surface area (Å²) in [5, 5.41) is 14.7. The Morgan fingerprint density at radius 2 is 1.95 bits per heavy atom. The number of thioether (sulfide) groups is 1. The maximum atomic E-state index is 12.9. The van der Waals surface area contributed by atoms with Crippen molar-refractivity contribution in [1.82, 2.24) is 14.8 Å². The van der Waals surface area contributed by atoms with E-state index in [-0.39, 0.29) is 18.3 Å². The Labute approximate surface area is 240 Å². The Morgan fingerprint density at radius 3 is 2.64 bits per heavy atom. The van der Waals surface area contributed by atoms with Crippen molar-refractivity contribution in [3.63, 3.8) is 0 Å². The van der Waals surface area contributed by atoms with Crippen molar-refractivity contribution >= 4 is 51.6 Å². The second-order valence-electron chi connectivity index (χ2n) is 8.54. The molecule has 1 N–H and O–H groups in total. The minimum atomic E-state index is -0.539. The van der Waals surface area contributed by atoms with Crippen LogP contribution in [0.15, 0.2) is 65.7 Å². The molecule has 0 aliphatic carbocycles. The molecular weight excluding hydrogens is 556 g/mol. The van der Waals surface area contributed by atoms with Gasteiger partial charge in [-0.05, 0) is 43.2 Å². The third-order valence-electron chi connectivity index (χ3n) is 5.71. The second-order valence-corrected chi connectivity index (χ2v) is 10.8. The van der Waals surface area contributed by atoms with E-state index in [2.05, 4.69) is 28.2 Å². The molecule has 4 rings (SSSR count). The van der Waals surface area contributed by atoms with Crippen LogP contribution in [-0.2, 0) is 22.7 Å². The molecule has 0 saturated heterocycles. The molecule has 2 aromatic carbocycles. The average Bonchev–Trinajstić information content (AvgIpc) is 3.51. The molecule has 0 fully saturated rings. The number of hydrogen-bond acceptors (Lipinski definition) is 8. The first-order valence-corrected chi connectivity index (χ1v) is 14.2. The molecule has 8 nitrogen and oxygen atoms in total. The second kappa shape index (κ2) is 13.0. The highest BCUT2D eigenvalue weighted by Crippen LogP contribution is 2.36. The Balaban J connectivity index is 1.45. The van der Waals surface area contributed by atoms with E-state index in [1.807, 2.05) is 42.7 Å². The van der Waals surface area contributed by atoms with Gasteiger partial charge < -0.3 is 14.8 Å². The van der Waals surface area contributed by atoms with Gasteiger partial charge in [-0.1, -0.05) is 59.3 Å². The lowest BCUT2D eigenvalue weighted by molar-refractivity contribution is -0.113. The molecule has 0 saturated carbocycles. The van der Waals surface area contributed by atoms with E-state index < -0.39 is 5.97 Å². The van der Waals surface area contributed by atoms with Gasteiger partial charge in [0, 0.05) is 22.5 Å². The molecule has 0 atom stereocenters. The molecule has 0 bridgehead atoms. The molecule has 2 aromatic heterocycles. The van der Waals surface area contributed by atoms with Crippen LogP contribution in [0.4, 0.5) is 5.00 Å². The van der Waals surface area contributed by atoms with Crippen LogP contribution in [0.2, 0.25) is 5.02 Å². The van der Waals surface area contributed by atoms with Crippen LogP contribution < -0.4 is 10.1 Å². The van der Waals surface area contributed by atoms with E-state index in [1.165, 1.54) is 30.2 Å². The highest BCUT2D eigenvalue weighted by atomic mass is 35.5. The number of allylic oxidation sites excluding steroid dienone is 1. The van der Waals surface area contributed by atoms with Crippen molar-refractivity contribution in [2.24, 2.45) is 0 Å². The zero-order valence-electron chi connectivity index (χ0n) is 21.7. The van der Waals surface area contributed by atoms with Crippen LogP contribution in [0.1, 0.15) is 27.3 Å². The van der Waals surface area contributed by atoms with Crippen molar-refractivity contribution < 1.29 is 19.1 Å². The molecule has 4 aromatic rings. The van der Waals surface area contributed by atoms with Gasteiger partial charge in [0.15, 0.2) is 11.0 Å². The van der Waals surface area contributed by atoms with E-state index in [0.717, 1.165) is 22.4 Å². The zero-order chi connectivity index (χ0) is 27.9. The Hall–Kier alpha value is -3.60. The maximum Gasteiger partial charge on any atom is 0.341 e. The van der Waals surface area contributed by atoms with E-state index in [1.54, 1.807) is 23.6 Å². The number of thiophene rings is 1. The molecule has 2 heterocycles. The van der Waals surface area contributed by atoms with Gasteiger partial charge >= 0.3 is 5.97 Å². The van der Waals surface area contributed by atoms with Gasteiger partial charge in [-0.3, -0.25) is 9.36 Å². The lowest BCUT2D eigenvalue weighted by atomic mass is 10.0. The van der Waals surface area contributed by atoms with Crippen molar-refractivity contribution in [2.45, 2.75) is 32.2 Å². The summed E-state index contributed by atoms with van der Waals surface area (Å²) in [5.41, 5.74) is 3.94. The Bertz CT molecular complexity index is 1500. The van der Waals surface area contributed by atoms with Crippen molar-refractivity contribution in [1.29, 1.82) is 0 Å². The Morgan fingerprint density at radius 1 is 1.18 bits per heavy atom. The largest absolute Gasteiger partial charge is 0.485 e.